The summed E-state index contributed by atoms with van der Waals surface area (Å²) in [5.41, 5.74) is 0.853. The first-order valence-corrected chi connectivity index (χ1v) is 6.90. The number of hydrogen-bond donors (Lipinski definition) is 1. The number of fused-ring (bicyclic) bond motifs is 1. The molecule has 3 nitrogen and oxygen atoms in total. The molecule has 0 atom stereocenters. The summed E-state index contributed by atoms with van der Waals surface area (Å²) in [6.07, 6.45) is -4.36. The van der Waals surface area contributed by atoms with E-state index in [-0.39, 0.29) is 0 Å². The molecule has 23 heavy (non-hydrogen) atoms. The minimum atomic E-state index is -4.36. The number of benzene rings is 2. The van der Waals surface area contributed by atoms with Crippen molar-refractivity contribution >= 4 is 16.6 Å². The molecule has 3 aromatic rings. The van der Waals surface area contributed by atoms with Crippen LogP contribution in [0.3, 0.4) is 0 Å². The summed E-state index contributed by atoms with van der Waals surface area (Å²) < 4.78 is 43.3. The fourth-order valence-corrected chi connectivity index (χ4v) is 2.24. The van der Waals surface area contributed by atoms with E-state index in [0.29, 0.717) is 11.6 Å². The Balaban J connectivity index is 1.92. The van der Waals surface area contributed by atoms with Crippen LogP contribution >= 0.6 is 0 Å². The van der Waals surface area contributed by atoms with Crippen molar-refractivity contribution in [3.63, 3.8) is 0 Å². The summed E-state index contributed by atoms with van der Waals surface area (Å²) in [4.78, 5) is 4.37. The molecule has 2 aromatic carbocycles. The monoisotopic (exact) mass is 318 g/mol. The summed E-state index contributed by atoms with van der Waals surface area (Å²) in [6.45, 7) is 0. The van der Waals surface area contributed by atoms with Crippen LogP contribution in [0.15, 0.2) is 54.6 Å². The number of rotatable bonds is 3. The molecule has 0 fully saturated rings. The van der Waals surface area contributed by atoms with Gasteiger partial charge in [-0.15, -0.1) is 0 Å². The van der Waals surface area contributed by atoms with Crippen molar-refractivity contribution in [2.45, 2.75) is 6.18 Å². The minimum Gasteiger partial charge on any atom is -0.439 e. The minimum absolute atomic E-state index is 0.294. The molecule has 0 saturated heterocycles. The highest BCUT2D eigenvalue weighted by Crippen LogP contribution is 2.32. The van der Waals surface area contributed by atoms with Gasteiger partial charge >= 0.3 is 6.18 Å². The Morgan fingerprint density at radius 1 is 1.00 bits per heavy atom. The van der Waals surface area contributed by atoms with Crippen molar-refractivity contribution in [2.24, 2.45) is 0 Å². The van der Waals surface area contributed by atoms with Crippen LogP contribution in [-0.4, -0.2) is 12.0 Å². The first kappa shape index (κ1) is 15.1. The number of halogens is 3. The standard InChI is InChI=1S/C17H13F3N2O/c1-21-15-10-16(22-14-5-3-2-4-13(14)15)23-12-8-6-11(7-9-12)17(18,19)20/h2-10H,1H3,(H,21,22). The second-order valence-electron chi connectivity index (χ2n) is 4.90. The third-order valence-electron chi connectivity index (χ3n) is 3.37. The predicted molar refractivity (Wildman–Crippen MR) is 82.8 cm³/mol. The van der Waals surface area contributed by atoms with Gasteiger partial charge in [0.1, 0.15) is 5.75 Å². The summed E-state index contributed by atoms with van der Waals surface area (Å²) in [5.74, 6) is 0.607. The molecule has 0 aliphatic carbocycles. The van der Waals surface area contributed by atoms with Gasteiger partial charge in [-0.05, 0) is 30.3 Å². The van der Waals surface area contributed by atoms with Crippen LogP contribution in [0.5, 0.6) is 11.6 Å². The molecule has 0 amide bonds. The maximum absolute atomic E-state index is 12.6. The Morgan fingerprint density at radius 2 is 1.70 bits per heavy atom. The maximum atomic E-state index is 12.6. The highest BCUT2D eigenvalue weighted by molar-refractivity contribution is 5.91. The van der Waals surface area contributed by atoms with Crippen LogP contribution in [0.2, 0.25) is 0 Å². The summed E-state index contributed by atoms with van der Waals surface area (Å²) in [5, 5.41) is 4.00. The average Bonchev–Trinajstić information content (AvgIpc) is 2.53. The fraction of sp³-hybridized carbons (Fsp3) is 0.118. The van der Waals surface area contributed by atoms with Gasteiger partial charge in [0.25, 0.3) is 0 Å². The van der Waals surface area contributed by atoms with Gasteiger partial charge in [-0.25, -0.2) is 4.98 Å². The third-order valence-corrected chi connectivity index (χ3v) is 3.37. The Labute approximate surface area is 130 Å². The molecular weight excluding hydrogens is 305 g/mol. The molecule has 0 unspecified atom stereocenters. The lowest BCUT2D eigenvalue weighted by Gasteiger charge is -2.11. The average molecular weight is 318 g/mol. The summed E-state index contributed by atoms with van der Waals surface area (Å²) >= 11 is 0. The van der Waals surface area contributed by atoms with Gasteiger partial charge in [0.2, 0.25) is 5.88 Å². The highest BCUT2D eigenvalue weighted by Gasteiger charge is 2.30. The van der Waals surface area contributed by atoms with Gasteiger partial charge in [-0.2, -0.15) is 13.2 Å². The molecule has 0 aliphatic heterocycles. The van der Waals surface area contributed by atoms with E-state index < -0.39 is 11.7 Å². The smallest absolute Gasteiger partial charge is 0.416 e. The molecule has 3 rings (SSSR count). The maximum Gasteiger partial charge on any atom is 0.416 e. The van der Waals surface area contributed by atoms with Crippen LogP contribution in [-0.2, 0) is 6.18 Å². The van der Waals surface area contributed by atoms with Gasteiger partial charge in [0.05, 0.1) is 11.1 Å². The molecule has 1 aromatic heterocycles. The second kappa shape index (κ2) is 5.79. The van der Waals surface area contributed by atoms with E-state index in [9.17, 15) is 13.2 Å². The molecule has 0 saturated carbocycles. The zero-order valence-electron chi connectivity index (χ0n) is 12.2. The van der Waals surface area contributed by atoms with Crippen LogP contribution in [0.4, 0.5) is 18.9 Å². The topological polar surface area (TPSA) is 34.1 Å². The lowest BCUT2D eigenvalue weighted by molar-refractivity contribution is -0.137. The van der Waals surface area contributed by atoms with Gasteiger partial charge in [-0.3, -0.25) is 0 Å². The number of para-hydroxylation sites is 1. The van der Waals surface area contributed by atoms with E-state index in [4.69, 9.17) is 4.74 Å². The number of anilines is 1. The first-order chi connectivity index (χ1) is 11.0. The van der Waals surface area contributed by atoms with Crippen LogP contribution in [0.1, 0.15) is 5.56 Å². The van der Waals surface area contributed by atoms with Crippen molar-refractivity contribution in [1.82, 2.24) is 4.98 Å². The van der Waals surface area contributed by atoms with Crippen molar-refractivity contribution in [3.8, 4) is 11.6 Å². The summed E-state index contributed by atoms with van der Waals surface area (Å²) in [7, 11) is 1.78. The van der Waals surface area contributed by atoms with E-state index in [1.54, 1.807) is 13.1 Å². The van der Waals surface area contributed by atoms with Crippen molar-refractivity contribution in [3.05, 3.63) is 60.2 Å². The van der Waals surface area contributed by atoms with E-state index in [1.165, 1.54) is 12.1 Å². The fourth-order valence-electron chi connectivity index (χ4n) is 2.24. The lowest BCUT2D eigenvalue weighted by atomic mass is 10.2. The first-order valence-electron chi connectivity index (χ1n) is 6.90. The van der Waals surface area contributed by atoms with E-state index in [1.807, 2.05) is 24.3 Å². The third kappa shape index (κ3) is 3.21. The molecule has 1 heterocycles. The molecule has 0 radical (unpaired) electrons. The summed E-state index contributed by atoms with van der Waals surface area (Å²) in [6, 6.07) is 13.8. The van der Waals surface area contributed by atoms with Crippen LogP contribution < -0.4 is 10.1 Å². The number of ether oxygens (including phenoxy) is 1. The largest absolute Gasteiger partial charge is 0.439 e. The highest BCUT2D eigenvalue weighted by atomic mass is 19.4. The zero-order chi connectivity index (χ0) is 16.4. The Kier molecular flexibility index (Phi) is 3.82. The molecule has 0 spiro atoms. The number of aromatic nitrogens is 1. The molecule has 6 heteroatoms. The Hall–Kier alpha value is -2.76. The molecule has 118 valence electrons. The molecule has 0 aliphatic rings. The van der Waals surface area contributed by atoms with E-state index in [2.05, 4.69) is 10.3 Å². The number of nitrogens with one attached hydrogen (secondary N) is 1. The number of nitrogens with zero attached hydrogens (tertiary/aromatic N) is 1. The lowest BCUT2D eigenvalue weighted by Crippen LogP contribution is -2.04. The van der Waals surface area contributed by atoms with Crippen LogP contribution in [0, 0.1) is 0 Å². The van der Waals surface area contributed by atoms with Crippen molar-refractivity contribution in [1.29, 1.82) is 0 Å². The van der Waals surface area contributed by atoms with Gasteiger partial charge in [0.15, 0.2) is 0 Å². The Morgan fingerprint density at radius 3 is 2.35 bits per heavy atom. The number of pyridine rings is 1. The second-order valence-corrected chi connectivity index (χ2v) is 4.90. The predicted octanol–water partition coefficient (Wildman–Crippen LogP) is 5.09. The van der Waals surface area contributed by atoms with Gasteiger partial charge < -0.3 is 10.1 Å². The van der Waals surface area contributed by atoms with Gasteiger partial charge in [-0.1, -0.05) is 18.2 Å². The zero-order valence-corrected chi connectivity index (χ0v) is 12.2. The molecular formula is C17H13F3N2O. The quantitative estimate of drug-likeness (QED) is 0.730. The Bertz CT molecular complexity index is 829. The molecule has 0 bridgehead atoms. The SMILES string of the molecule is CNc1cc(Oc2ccc(C(F)(F)F)cc2)nc2ccccc12. The van der Waals surface area contributed by atoms with Crippen molar-refractivity contribution in [2.75, 3.05) is 12.4 Å². The number of hydrogen-bond acceptors (Lipinski definition) is 3. The van der Waals surface area contributed by atoms with E-state index >= 15 is 0 Å². The van der Waals surface area contributed by atoms with Crippen LogP contribution in [0.25, 0.3) is 10.9 Å². The van der Waals surface area contributed by atoms with Gasteiger partial charge in [0, 0.05) is 24.2 Å². The van der Waals surface area contributed by atoms with Crippen molar-refractivity contribution < 1.29 is 17.9 Å². The molecule has 1 N–H and O–H groups in total. The van der Waals surface area contributed by atoms with E-state index in [0.717, 1.165) is 28.7 Å². The normalized spacial score (nSPS) is 11.5. The number of alkyl halides is 3.